The van der Waals surface area contributed by atoms with Crippen LogP contribution in [-0.2, 0) is 14.3 Å². The first kappa shape index (κ1) is 23.1. The molecule has 0 bridgehead atoms. The van der Waals surface area contributed by atoms with Crippen LogP contribution in [0.3, 0.4) is 0 Å². The fraction of sp³-hybridized carbons (Fsp3) is 0.0870. The highest BCUT2D eigenvalue weighted by atomic mass is 19.1. The minimum atomic E-state index is -1.49. The van der Waals surface area contributed by atoms with Gasteiger partial charge in [0.1, 0.15) is 12.4 Å². The Morgan fingerprint density at radius 3 is 2.24 bits per heavy atom. The molecule has 0 spiro atoms. The van der Waals surface area contributed by atoms with Crippen LogP contribution < -0.4 is 10.6 Å². The molecule has 0 aliphatic heterocycles. The van der Waals surface area contributed by atoms with Crippen molar-refractivity contribution in [3.63, 3.8) is 0 Å². The second-order valence-corrected chi connectivity index (χ2v) is 6.74. The molecule has 0 saturated carbocycles. The van der Waals surface area contributed by atoms with Crippen LogP contribution in [0.1, 0.15) is 22.0 Å². The Hall–Kier alpha value is -4.60. The van der Waals surface area contributed by atoms with Crippen LogP contribution in [0.25, 0.3) is 0 Å². The smallest absolute Gasteiger partial charge is 0.326 e. The minimum Gasteiger partial charge on any atom is -0.446 e. The Bertz CT molecular complexity index is 1170. The van der Waals surface area contributed by atoms with Crippen molar-refractivity contribution in [2.75, 3.05) is 11.9 Å². The number of amides is 2. The summed E-state index contributed by atoms with van der Waals surface area (Å²) >= 11 is 0. The quantitative estimate of drug-likeness (QED) is 0.307. The summed E-state index contributed by atoms with van der Waals surface area (Å²) in [7, 11) is 0. The van der Waals surface area contributed by atoms with Crippen LogP contribution in [-0.4, -0.2) is 29.3 Å². The van der Waals surface area contributed by atoms with Crippen LogP contribution in [0.2, 0.25) is 0 Å². The van der Waals surface area contributed by atoms with Gasteiger partial charge in [-0.3, -0.25) is 24.5 Å². The number of carbonyl (C=O) groups excluding carboxylic acids is 3. The largest absolute Gasteiger partial charge is 0.446 e. The fourth-order valence-corrected chi connectivity index (χ4v) is 2.84. The number of nitro groups is 1. The summed E-state index contributed by atoms with van der Waals surface area (Å²) in [6, 6.07) is 18.8. The number of esters is 1. The molecule has 0 radical (unpaired) electrons. The lowest BCUT2D eigenvalue weighted by atomic mass is 10.1. The van der Waals surface area contributed by atoms with Gasteiger partial charge < -0.3 is 15.4 Å². The number of carbonyl (C=O) groups is 3. The molecule has 1 unspecified atom stereocenters. The van der Waals surface area contributed by atoms with Crippen LogP contribution in [0.15, 0.2) is 78.9 Å². The van der Waals surface area contributed by atoms with E-state index in [9.17, 15) is 28.9 Å². The monoisotopic (exact) mass is 451 g/mol. The first-order chi connectivity index (χ1) is 15.8. The lowest BCUT2D eigenvalue weighted by Crippen LogP contribution is -2.33. The van der Waals surface area contributed by atoms with Gasteiger partial charge in [-0.05, 0) is 18.2 Å². The molecule has 0 heterocycles. The van der Waals surface area contributed by atoms with Gasteiger partial charge in [0.25, 0.3) is 17.5 Å². The molecular formula is C23H18FN3O6. The summed E-state index contributed by atoms with van der Waals surface area (Å²) in [5.41, 5.74) is -0.250. The molecule has 33 heavy (non-hydrogen) atoms. The van der Waals surface area contributed by atoms with E-state index in [1.807, 2.05) is 0 Å². The molecule has 0 fully saturated rings. The Labute approximate surface area is 187 Å². The molecule has 3 aromatic carbocycles. The standard InChI is InChI=1S/C23H18FN3O6/c24-18-12-11-17(27(31)32)13-19(18)26-23(30)21(15-7-3-1-4-8-15)33-20(28)14-25-22(29)16-9-5-2-6-10-16/h1-13,21H,14H2,(H,25,29)(H,26,30). The number of hydrogen-bond acceptors (Lipinski definition) is 6. The first-order valence-corrected chi connectivity index (χ1v) is 9.67. The molecule has 0 aliphatic carbocycles. The Morgan fingerprint density at radius 2 is 1.61 bits per heavy atom. The summed E-state index contributed by atoms with van der Waals surface area (Å²) in [5.74, 6) is -3.25. The second-order valence-electron chi connectivity index (χ2n) is 6.74. The number of benzene rings is 3. The van der Waals surface area contributed by atoms with Gasteiger partial charge in [0.05, 0.1) is 10.6 Å². The molecule has 9 nitrogen and oxygen atoms in total. The second kappa shape index (κ2) is 10.6. The van der Waals surface area contributed by atoms with Crippen molar-refractivity contribution in [3.05, 3.63) is 106 Å². The predicted octanol–water partition coefficient (Wildman–Crippen LogP) is 3.39. The molecule has 2 N–H and O–H groups in total. The zero-order valence-electron chi connectivity index (χ0n) is 17.1. The van der Waals surface area contributed by atoms with Crippen molar-refractivity contribution in [2.24, 2.45) is 0 Å². The number of anilines is 1. The maximum atomic E-state index is 14.1. The summed E-state index contributed by atoms with van der Waals surface area (Å²) < 4.78 is 19.4. The normalized spacial score (nSPS) is 11.2. The summed E-state index contributed by atoms with van der Waals surface area (Å²) in [5, 5.41) is 15.6. The van der Waals surface area contributed by atoms with Crippen LogP contribution in [0.4, 0.5) is 15.8 Å². The number of hydrogen-bond donors (Lipinski definition) is 2. The van der Waals surface area contributed by atoms with E-state index < -0.39 is 52.5 Å². The van der Waals surface area contributed by atoms with E-state index in [2.05, 4.69) is 10.6 Å². The number of nitrogens with one attached hydrogen (secondary N) is 2. The molecule has 1 atom stereocenters. The number of nitro benzene ring substituents is 1. The third-order valence-electron chi connectivity index (χ3n) is 4.44. The Kier molecular flexibility index (Phi) is 7.43. The topological polar surface area (TPSA) is 128 Å². The SMILES string of the molecule is O=C(CNC(=O)c1ccccc1)OC(C(=O)Nc1cc([N+](=O)[O-])ccc1F)c1ccccc1. The summed E-state index contributed by atoms with van der Waals surface area (Å²) in [6.45, 7) is -0.518. The van der Waals surface area contributed by atoms with Gasteiger partial charge in [-0.25, -0.2) is 4.39 Å². The minimum absolute atomic E-state index is 0.281. The Balaban J connectivity index is 1.73. The van der Waals surface area contributed by atoms with Crippen molar-refractivity contribution >= 4 is 29.2 Å². The maximum Gasteiger partial charge on any atom is 0.326 e. The Morgan fingerprint density at radius 1 is 0.970 bits per heavy atom. The molecule has 0 aromatic heterocycles. The third kappa shape index (κ3) is 6.20. The molecule has 0 aliphatic rings. The summed E-state index contributed by atoms with van der Waals surface area (Å²) in [6.07, 6.45) is -1.49. The summed E-state index contributed by atoms with van der Waals surface area (Å²) in [4.78, 5) is 47.5. The molecule has 3 rings (SSSR count). The van der Waals surface area contributed by atoms with Crippen molar-refractivity contribution in [1.82, 2.24) is 5.32 Å². The highest BCUT2D eigenvalue weighted by molar-refractivity contribution is 5.98. The van der Waals surface area contributed by atoms with Gasteiger partial charge in [0.2, 0.25) is 6.10 Å². The van der Waals surface area contributed by atoms with E-state index in [4.69, 9.17) is 4.74 Å². The van der Waals surface area contributed by atoms with Crippen molar-refractivity contribution in [1.29, 1.82) is 0 Å². The van der Waals surface area contributed by atoms with Gasteiger partial charge in [0.15, 0.2) is 0 Å². The number of rotatable bonds is 8. The van der Waals surface area contributed by atoms with E-state index >= 15 is 0 Å². The van der Waals surface area contributed by atoms with E-state index in [1.54, 1.807) is 48.5 Å². The molecule has 0 saturated heterocycles. The molecule has 2 amide bonds. The molecule has 3 aromatic rings. The predicted molar refractivity (Wildman–Crippen MR) is 116 cm³/mol. The van der Waals surface area contributed by atoms with E-state index in [0.717, 1.165) is 18.2 Å². The van der Waals surface area contributed by atoms with E-state index in [1.165, 1.54) is 12.1 Å². The molecular weight excluding hydrogens is 433 g/mol. The zero-order chi connectivity index (χ0) is 23.8. The number of halogens is 1. The van der Waals surface area contributed by atoms with Gasteiger partial charge in [-0.1, -0.05) is 48.5 Å². The highest BCUT2D eigenvalue weighted by Crippen LogP contribution is 2.24. The van der Waals surface area contributed by atoms with E-state index in [-0.39, 0.29) is 5.56 Å². The average molecular weight is 451 g/mol. The lowest BCUT2D eigenvalue weighted by Gasteiger charge is -2.18. The van der Waals surface area contributed by atoms with Crippen molar-refractivity contribution in [3.8, 4) is 0 Å². The maximum absolute atomic E-state index is 14.1. The zero-order valence-corrected chi connectivity index (χ0v) is 17.1. The lowest BCUT2D eigenvalue weighted by molar-refractivity contribution is -0.384. The average Bonchev–Trinajstić information content (AvgIpc) is 2.83. The van der Waals surface area contributed by atoms with Gasteiger partial charge in [0, 0.05) is 23.3 Å². The van der Waals surface area contributed by atoms with Gasteiger partial charge in [-0.2, -0.15) is 0 Å². The number of non-ortho nitro benzene ring substituents is 1. The third-order valence-corrected chi connectivity index (χ3v) is 4.44. The highest BCUT2D eigenvalue weighted by Gasteiger charge is 2.26. The van der Waals surface area contributed by atoms with Crippen molar-refractivity contribution in [2.45, 2.75) is 6.10 Å². The van der Waals surface area contributed by atoms with Gasteiger partial charge >= 0.3 is 5.97 Å². The first-order valence-electron chi connectivity index (χ1n) is 9.67. The van der Waals surface area contributed by atoms with Gasteiger partial charge in [-0.15, -0.1) is 0 Å². The fourth-order valence-electron chi connectivity index (χ4n) is 2.84. The van der Waals surface area contributed by atoms with Crippen LogP contribution in [0.5, 0.6) is 0 Å². The molecule has 10 heteroatoms. The number of nitrogens with zero attached hydrogens (tertiary/aromatic N) is 1. The van der Waals surface area contributed by atoms with Crippen LogP contribution >= 0.6 is 0 Å². The number of ether oxygens (including phenoxy) is 1. The molecule has 168 valence electrons. The van der Waals surface area contributed by atoms with Crippen LogP contribution in [0, 0.1) is 15.9 Å². The van der Waals surface area contributed by atoms with E-state index in [0.29, 0.717) is 5.56 Å². The van der Waals surface area contributed by atoms with Crippen molar-refractivity contribution < 1.29 is 28.4 Å².